The minimum absolute atomic E-state index is 0. The molecule has 0 amide bonds. The van der Waals surface area contributed by atoms with Crippen LogP contribution in [0.1, 0.15) is 10.7 Å². The van der Waals surface area contributed by atoms with Gasteiger partial charge in [0.1, 0.15) is 0 Å². The van der Waals surface area contributed by atoms with Crippen molar-refractivity contribution in [2.45, 2.75) is 13.5 Å². The van der Waals surface area contributed by atoms with Gasteiger partial charge in [-0.15, -0.1) is 35.3 Å². The highest BCUT2D eigenvalue weighted by Crippen LogP contribution is 2.13. The molecule has 2 heterocycles. The summed E-state index contributed by atoms with van der Waals surface area (Å²) < 4.78 is 26.3. The smallest absolute Gasteiger partial charge is 0.215 e. The molecule has 1 aliphatic heterocycles. The average molecular weight is 520 g/mol. The predicted molar refractivity (Wildman–Crippen MR) is 118 cm³/mol. The van der Waals surface area contributed by atoms with E-state index in [9.17, 15) is 8.42 Å². The third kappa shape index (κ3) is 7.19. The van der Waals surface area contributed by atoms with Crippen molar-refractivity contribution in [1.29, 1.82) is 0 Å². The largest absolute Gasteiger partial charge is 0.355 e. The van der Waals surface area contributed by atoms with Crippen LogP contribution >= 0.6 is 47.1 Å². The van der Waals surface area contributed by atoms with Gasteiger partial charge in [-0.1, -0.05) is 0 Å². The van der Waals surface area contributed by atoms with Crippen molar-refractivity contribution in [2.24, 2.45) is 4.99 Å². The maximum absolute atomic E-state index is 12.3. The standard InChI is InChI=1S/C14H25N5O2S3.HI/c1-12-17-13(11-23-12)10-18(3)14(15-2)16-4-9-24(20,21)19-5-7-22-8-6-19;/h11H,4-10H2,1-3H3,(H,15,16);1H. The molecule has 1 aliphatic rings. The molecule has 1 aromatic heterocycles. The SMILES string of the molecule is CN=C(NCCS(=O)(=O)N1CCSCC1)N(C)Cc1csc(C)n1.I. The molecule has 11 heteroatoms. The van der Waals surface area contributed by atoms with Crippen LogP contribution in [0.5, 0.6) is 0 Å². The van der Waals surface area contributed by atoms with E-state index in [0.29, 0.717) is 32.1 Å². The minimum Gasteiger partial charge on any atom is -0.355 e. The van der Waals surface area contributed by atoms with E-state index in [1.165, 1.54) is 0 Å². The number of aryl methyl sites for hydroxylation is 1. The summed E-state index contributed by atoms with van der Waals surface area (Å²) >= 11 is 3.42. The van der Waals surface area contributed by atoms with Crippen molar-refractivity contribution in [3.8, 4) is 0 Å². The molecule has 144 valence electrons. The van der Waals surface area contributed by atoms with E-state index >= 15 is 0 Å². The van der Waals surface area contributed by atoms with Gasteiger partial charge in [0.15, 0.2) is 5.96 Å². The second-order valence-corrected chi connectivity index (χ2v) is 9.89. The summed E-state index contributed by atoms with van der Waals surface area (Å²) in [7, 11) is 0.418. The van der Waals surface area contributed by atoms with Crippen LogP contribution in [-0.4, -0.2) is 79.6 Å². The number of hydrogen-bond donors (Lipinski definition) is 1. The zero-order chi connectivity index (χ0) is 17.6. The molecule has 1 aromatic rings. The molecule has 1 N–H and O–H groups in total. The molecular weight excluding hydrogens is 493 g/mol. The number of thioether (sulfide) groups is 1. The molecule has 0 radical (unpaired) electrons. The van der Waals surface area contributed by atoms with E-state index in [-0.39, 0.29) is 29.7 Å². The van der Waals surface area contributed by atoms with Gasteiger partial charge in [0.2, 0.25) is 10.0 Å². The van der Waals surface area contributed by atoms with Crippen LogP contribution < -0.4 is 5.32 Å². The van der Waals surface area contributed by atoms with Gasteiger partial charge in [-0.25, -0.2) is 17.7 Å². The van der Waals surface area contributed by atoms with Crippen molar-refractivity contribution in [1.82, 2.24) is 19.5 Å². The van der Waals surface area contributed by atoms with Gasteiger partial charge < -0.3 is 10.2 Å². The first-order chi connectivity index (χ1) is 11.4. The Kier molecular flexibility index (Phi) is 10.00. The van der Waals surface area contributed by atoms with Crippen molar-refractivity contribution < 1.29 is 8.42 Å². The Balaban J connectivity index is 0.00000312. The maximum Gasteiger partial charge on any atom is 0.215 e. The summed E-state index contributed by atoms with van der Waals surface area (Å²) in [6.07, 6.45) is 0. The molecule has 25 heavy (non-hydrogen) atoms. The van der Waals surface area contributed by atoms with E-state index in [4.69, 9.17) is 0 Å². The predicted octanol–water partition coefficient (Wildman–Crippen LogP) is 1.46. The Morgan fingerprint density at radius 2 is 2.12 bits per heavy atom. The van der Waals surface area contributed by atoms with E-state index < -0.39 is 10.0 Å². The lowest BCUT2D eigenvalue weighted by atomic mass is 10.4. The molecule has 0 spiro atoms. The molecule has 0 atom stereocenters. The Morgan fingerprint density at radius 1 is 1.44 bits per heavy atom. The van der Waals surface area contributed by atoms with Crippen molar-refractivity contribution in [3.63, 3.8) is 0 Å². The minimum atomic E-state index is -3.20. The van der Waals surface area contributed by atoms with Gasteiger partial charge in [0.05, 0.1) is 23.0 Å². The third-order valence-corrected chi connectivity index (χ3v) is 7.28. The zero-order valence-electron chi connectivity index (χ0n) is 14.8. The van der Waals surface area contributed by atoms with E-state index in [1.807, 2.05) is 24.3 Å². The fourth-order valence-electron chi connectivity index (χ4n) is 2.43. The zero-order valence-corrected chi connectivity index (χ0v) is 19.5. The number of sulfonamides is 1. The summed E-state index contributed by atoms with van der Waals surface area (Å²) in [6.45, 7) is 4.19. The summed E-state index contributed by atoms with van der Waals surface area (Å²) in [6, 6.07) is 0. The molecule has 1 fully saturated rings. The molecule has 0 bridgehead atoms. The first kappa shape index (κ1) is 22.9. The number of halogens is 1. The molecular formula is C14H26IN5O2S3. The molecule has 0 saturated carbocycles. The lowest BCUT2D eigenvalue weighted by Gasteiger charge is -2.26. The highest BCUT2D eigenvalue weighted by molar-refractivity contribution is 14.0. The van der Waals surface area contributed by atoms with Crippen LogP contribution in [0.4, 0.5) is 0 Å². The molecule has 0 unspecified atom stereocenters. The first-order valence-corrected chi connectivity index (χ1v) is 11.4. The Bertz CT molecular complexity index is 659. The number of guanidine groups is 1. The number of nitrogens with zero attached hydrogens (tertiary/aromatic N) is 4. The summed E-state index contributed by atoms with van der Waals surface area (Å²) in [5, 5.41) is 6.19. The van der Waals surface area contributed by atoms with Crippen LogP contribution in [-0.2, 0) is 16.6 Å². The van der Waals surface area contributed by atoms with Crippen molar-refractivity contribution in [3.05, 3.63) is 16.1 Å². The monoisotopic (exact) mass is 519 g/mol. The highest BCUT2D eigenvalue weighted by Gasteiger charge is 2.23. The Morgan fingerprint density at radius 3 is 2.68 bits per heavy atom. The first-order valence-electron chi connectivity index (χ1n) is 7.81. The molecule has 0 aromatic carbocycles. The topological polar surface area (TPSA) is 77.9 Å². The Hall–Kier alpha value is -0.110. The van der Waals surface area contributed by atoms with Gasteiger partial charge in [-0.3, -0.25) is 4.99 Å². The number of nitrogens with one attached hydrogen (secondary N) is 1. The molecule has 0 aliphatic carbocycles. The van der Waals surface area contributed by atoms with E-state index in [1.54, 1.807) is 34.5 Å². The summed E-state index contributed by atoms with van der Waals surface area (Å²) in [5.74, 6) is 2.51. The highest BCUT2D eigenvalue weighted by atomic mass is 127. The maximum atomic E-state index is 12.3. The number of rotatable bonds is 6. The third-order valence-electron chi connectivity index (χ3n) is 3.65. The van der Waals surface area contributed by atoms with E-state index in [0.717, 1.165) is 22.2 Å². The lowest BCUT2D eigenvalue weighted by Crippen LogP contribution is -2.44. The fraction of sp³-hybridized carbons (Fsp3) is 0.714. The van der Waals surface area contributed by atoms with Gasteiger partial charge >= 0.3 is 0 Å². The number of thiazole rings is 1. The van der Waals surface area contributed by atoms with Gasteiger partial charge in [-0.05, 0) is 6.92 Å². The molecule has 7 nitrogen and oxygen atoms in total. The number of hydrogen-bond acceptors (Lipinski definition) is 6. The average Bonchev–Trinajstić information content (AvgIpc) is 2.97. The molecule has 2 rings (SSSR count). The van der Waals surface area contributed by atoms with Crippen LogP contribution in [0.25, 0.3) is 0 Å². The van der Waals surface area contributed by atoms with Gasteiger partial charge in [-0.2, -0.15) is 11.8 Å². The molecule has 1 saturated heterocycles. The van der Waals surface area contributed by atoms with Crippen LogP contribution in [0.15, 0.2) is 10.4 Å². The second-order valence-electron chi connectivity index (χ2n) is 5.52. The van der Waals surface area contributed by atoms with Crippen molar-refractivity contribution >= 4 is 63.1 Å². The van der Waals surface area contributed by atoms with Crippen LogP contribution in [0, 0.1) is 6.92 Å². The Labute approximate surface area is 175 Å². The summed E-state index contributed by atoms with van der Waals surface area (Å²) in [5.41, 5.74) is 0.987. The number of aromatic nitrogens is 1. The van der Waals surface area contributed by atoms with Gasteiger partial charge in [0.25, 0.3) is 0 Å². The quantitative estimate of drug-likeness (QED) is 0.349. The number of aliphatic imine (C=N–C) groups is 1. The van der Waals surface area contributed by atoms with Gasteiger partial charge in [0, 0.05) is 50.6 Å². The van der Waals surface area contributed by atoms with Crippen LogP contribution in [0.2, 0.25) is 0 Å². The fourth-order valence-corrected chi connectivity index (χ4v) is 5.52. The second kappa shape index (κ2) is 10.9. The van der Waals surface area contributed by atoms with E-state index in [2.05, 4.69) is 15.3 Å². The normalized spacial score (nSPS) is 16.4. The van der Waals surface area contributed by atoms with Crippen LogP contribution in [0.3, 0.4) is 0 Å². The lowest BCUT2D eigenvalue weighted by molar-refractivity contribution is 0.441. The van der Waals surface area contributed by atoms with Crippen molar-refractivity contribution in [2.75, 3.05) is 51.0 Å². The summed E-state index contributed by atoms with van der Waals surface area (Å²) in [4.78, 5) is 10.6.